The third kappa shape index (κ3) is 6.48. The van der Waals surface area contributed by atoms with Gasteiger partial charge in [0, 0.05) is 22.4 Å². The highest BCUT2D eigenvalue weighted by molar-refractivity contribution is 7.10. The van der Waals surface area contributed by atoms with Gasteiger partial charge < -0.3 is 9.84 Å². The first kappa shape index (κ1) is 14.2. The Morgan fingerprint density at radius 3 is 3.00 bits per heavy atom. The first-order chi connectivity index (χ1) is 8.22. The lowest BCUT2D eigenvalue weighted by atomic mass is 10.1. The van der Waals surface area contributed by atoms with Gasteiger partial charge in [-0.25, -0.2) is 0 Å². The maximum atomic E-state index is 8.58. The lowest BCUT2D eigenvalue weighted by molar-refractivity contribution is 0.117. The Balaban J connectivity index is 2.21. The summed E-state index contributed by atoms with van der Waals surface area (Å²) >= 11 is 1.66. The minimum absolute atomic E-state index is 0.0864. The molecule has 0 fully saturated rings. The molecular formula is C14H20O2S. The van der Waals surface area contributed by atoms with Crippen molar-refractivity contribution in [2.75, 3.05) is 13.2 Å². The van der Waals surface area contributed by atoms with Crippen LogP contribution in [0.15, 0.2) is 11.4 Å². The fourth-order valence-corrected chi connectivity index (χ4v) is 2.18. The van der Waals surface area contributed by atoms with E-state index in [-0.39, 0.29) is 6.61 Å². The highest BCUT2D eigenvalue weighted by Gasteiger charge is 1.99. The molecule has 0 saturated heterocycles. The lowest BCUT2D eigenvalue weighted by Gasteiger charge is -2.04. The van der Waals surface area contributed by atoms with Gasteiger partial charge in [0.1, 0.15) is 6.61 Å². The maximum Gasteiger partial charge on any atom is 0.104 e. The van der Waals surface area contributed by atoms with Gasteiger partial charge >= 0.3 is 0 Å². The molecule has 0 radical (unpaired) electrons. The molecule has 1 heterocycles. The summed E-state index contributed by atoms with van der Waals surface area (Å²) in [6.45, 7) is 5.87. The van der Waals surface area contributed by atoms with Gasteiger partial charge in [0.25, 0.3) is 0 Å². The number of thiophene rings is 1. The van der Waals surface area contributed by atoms with Crippen LogP contribution < -0.4 is 0 Å². The molecule has 3 heteroatoms. The standard InChI is InChI=1S/C14H20O2S/c1-12(2)5-4-8-16-10-14-9-13(11-17-14)6-3-7-15/h9,11-12,15H,4-5,7-8,10H2,1-2H3. The number of aliphatic hydroxyl groups is 1. The van der Waals surface area contributed by atoms with Crippen molar-refractivity contribution in [2.45, 2.75) is 33.3 Å². The van der Waals surface area contributed by atoms with Crippen LogP contribution in [0.25, 0.3) is 0 Å². The summed E-state index contributed by atoms with van der Waals surface area (Å²) in [4.78, 5) is 1.19. The van der Waals surface area contributed by atoms with E-state index in [1.807, 2.05) is 11.4 Å². The van der Waals surface area contributed by atoms with Crippen molar-refractivity contribution in [3.63, 3.8) is 0 Å². The van der Waals surface area contributed by atoms with E-state index in [0.717, 1.165) is 24.5 Å². The second-order valence-corrected chi connectivity index (χ2v) is 5.35. The molecule has 1 rings (SSSR count). The largest absolute Gasteiger partial charge is 0.384 e. The summed E-state index contributed by atoms with van der Waals surface area (Å²) in [5, 5.41) is 10.6. The predicted molar refractivity (Wildman–Crippen MR) is 72.0 cm³/mol. The first-order valence-electron chi connectivity index (χ1n) is 5.97. The number of hydrogen-bond donors (Lipinski definition) is 1. The molecule has 17 heavy (non-hydrogen) atoms. The zero-order valence-corrected chi connectivity index (χ0v) is 11.3. The zero-order valence-electron chi connectivity index (χ0n) is 10.5. The topological polar surface area (TPSA) is 29.5 Å². The van der Waals surface area contributed by atoms with Crippen LogP contribution in [0.3, 0.4) is 0 Å². The maximum absolute atomic E-state index is 8.58. The van der Waals surface area contributed by atoms with E-state index in [2.05, 4.69) is 25.7 Å². The van der Waals surface area contributed by atoms with Crippen LogP contribution in [0.2, 0.25) is 0 Å². The molecular weight excluding hydrogens is 232 g/mol. The molecule has 0 aliphatic rings. The lowest BCUT2D eigenvalue weighted by Crippen LogP contribution is -1.96. The van der Waals surface area contributed by atoms with Gasteiger partial charge in [0.2, 0.25) is 0 Å². The number of ether oxygens (including phenoxy) is 1. The minimum Gasteiger partial charge on any atom is -0.384 e. The second kappa shape index (κ2) is 8.30. The fraction of sp³-hybridized carbons (Fsp3) is 0.571. The average molecular weight is 252 g/mol. The third-order valence-electron chi connectivity index (χ3n) is 2.28. The molecule has 1 aromatic rings. The summed E-state index contributed by atoms with van der Waals surface area (Å²) in [6, 6.07) is 2.02. The van der Waals surface area contributed by atoms with Crippen LogP contribution in [0.4, 0.5) is 0 Å². The molecule has 1 N–H and O–H groups in total. The fourth-order valence-electron chi connectivity index (χ4n) is 1.43. The van der Waals surface area contributed by atoms with Gasteiger partial charge in [-0.2, -0.15) is 0 Å². The highest BCUT2D eigenvalue weighted by atomic mass is 32.1. The van der Waals surface area contributed by atoms with E-state index < -0.39 is 0 Å². The van der Waals surface area contributed by atoms with E-state index in [9.17, 15) is 0 Å². The minimum atomic E-state index is -0.0864. The molecule has 0 aromatic carbocycles. The summed E-state index contributed by atoms with van der Waals surface area (Å²) in [7, 11) is 0. The Labute approximate surface area is 108 Å². The van der Waals surface area contributed by atoms with E-state index in [4.69, 9.17) is 9.84 Å². The van der Waals surface area contributed by atoms with Crippen LogP contribution in [-0.2, 0) is 11.3 Å². The van der Waals surface area contributed by atoms with Crippen molar-refractivity contribution in [2.24, 2.45) is 5.92 Å². The van der Waals surface area contributed by atoms with Crippen molar-refractivity contribution in [3.05, 3.63) is 21.9 Å². The molecule has 0 spiro atoms. The SMILES string of the molecule is CC(C)CCCOCc1cc(C#CCO)cs1. The predicted octanol–water partition coefficient (Wildman–Crippen LogP) is 3.04. The monoisotopic (exact) mass is 252 g/mol. The molecule has 0 amide bonds. The Hall–Kier alpha value is -0.820. The Morgan fingerprint density at radius 2 is 2.29 bits per heavy atom. The molecule has 1 aromatic heterocycles. The van der Waals surface area contributed by atoms with Crippen LogP contribution in [-0.4, -0.2) is 18.3 Å². The summed E-state index contributed by atoms with van der Waals surface area (Å²) in [5.74, 6) is 6.27. The van der Waals surface area contributed by atoms with Crippen LogP contribution >= 0.6 is 11.3 Å². The Kier molecular flexibility index (Phi) is 6.95. The highest BCUT2D eigenvalue weighted by Crippen LogP contribution is 2.15. The smallest absolute Gasteiger partial charge is 0.104 e. The van der Waals surface area contributed by atoms with Crippen molar-refractivity contribution in [1.82, 2.24) is 0 Å². The van der Waals surface area contributed by atoms with Crippen molar-refractivity contribution < 1.29 is 9.84 Å². The number of aliphatic hydroxyl groups excluding tert-OH is 1. The summed E-state index contributed by atoms with van der Waals surface area (Å²) < 4.78 is 5.60. The summed E-state index contributed by atoms with van der Waals surface area (Å²) in [5.41, 5.74) is 0.963. The first-order valence-corrected chi connectivity index (χ1v) is 6.85. The Bertz CT molecular complexity index is 371. The Morgan fingerprint density at radius 1 is 1.47 bits per heavy atom. The number of hydrogen-bond acceptors (Lipinski definition) is 3. The molecule has 0 unspecified atom stereocenters. The normalized spacial score (nSPS) is 10.4. The van der Waals surface area contributed by atoms with Gasteiger partial charge in [0.15, 0.2) is 0 Å². The second-order valence-electron chi connectivity index (χ2n) is 4.35. The van der Waals surface area contributed by atoms with Gasteiger partial charge in [-0.1, -0.05) is 25.7 Å². The summed E-state index contributed by atoms with van der Waals surface area (Å²) in [6.07, 6.45) is 2.35. The van der Waals surface area contributed by atoms with Crippen LogP contribution in [0.1, 0.15) is 37.1 Å². The van der Waals surface area contributed by atoms with Crippen molar-refractivity contribution in [1.29, 1.82) is 0 Å². The molecule has 0 aliphatic carbocycles. The molecule has 0 atom stereocenters. The molecule has 94 valence electrons. The average Bonchev–Trinajstić information content (AvgIpc) is 2.73. The van der Waals surface area contributed by atoms with E-state index >= 15 is 0 Å². The van der Waals surface area contributed by atoms with Crippen LogP contribution in [0, 0.1) is 17.8 Å². The quantitative estimate of drug-likeness (QED) is 0.623. The van der Waals surface area contributed by atoms with Crippen molar-refractivity contribution in [3.8, 4) is 11.8 Å². The van der Waals surface area contributed by atoms with Crippen LogP contribution in [0.5, 0.6) is 0 Å². The van der Waals surface area contributed by atoms with Gasteiger partial charge in [0.05, 0.1) is 6.61 Å². The molecule has 0 bridgehead atoms. The molecule has 0 aliphatic heterocycles. The van der Waals surface area contributed by atoms with E-state index in [1.165, 1.54) is 11.3 Å². The molecule has 0 saturated carbocycles. The molecule has 2 nitrogen and oxygen atoms in total. The van der Waals surface area contributed by atoms with Gasteiger partial charge in [-0.05, 0) is 24.8 Å². The number of rotatable bonds is 6. The van der Waals surface area contributed by atoms with E-state index in [0.29, 0.717) is 6.61 Å². The third-order valence-corrected chi connectivity index (χ3v) is 3.19. The van der Waals surface area contributed by atoms with Gasteiger partial charge in [-0.15, -0.1) is 11.3 Å². The van der Waals surface area contributed by atoms with Crippen molar-refractivity contribution >= 4 is 11.3 Å². The van der Waals surface area contributed by atoms with Gasteiger partial charge in [-0.3, -0.25) is 0 Å². The van der Waals surface area contributed by atoms with E-state index in [1.54, 1.807) is 11.3 Å². The zero-order chi connectivity index (χ0) is 12.5.